The van der Waals surface area contributed by atoms with E-state index < -0.39 is 0 Å². The van der Waals surface area contributed by atoms with Gasteiger partial charge in [0.1, 0.15) is 12.7 Å². The van der Waals surface area contributed by atoms with E-state index in [0.29, 0.717) is 12.4 Å². The second kappa shape index (κ2) is 8.31. The zero-order chi connectivity index (χ0) is 19.3. The Bertz CT molecular complexity index is 1120. The molecular formula is C17H15N7O2S2. The number of amides is 1. The lowest BCUT2D eigenvalue weighted by Gasteiger charge is -2.07. The Morgan fingerprint density at radius 2 is 2.11 bits per heavy atom. The van der Waals surface area contributed by atoms with Gasteiger partial charge in [0.2, 0.25) is 5.91 Å². The molecule has 0 aliphatic heterocycles. The van der Waals surface area contributed by atoms with Gasteiger partial charge in [0.05, 0.1) is 22.5 Å². The minimum absolute atomic E-state index is 0.121. The van der Waals surface area contributed by atoms with E-state index in [4.69, 9.17) is 0 Å². The SMILES string of the molecule is O=C(CSc1nc2ccccc2s1)NCCn1nc(-n2cncn2)ccc1=O. The molecule has 3 aromatic heterocycles. The van der Waals surface area contributed by atoms with Crippen LogP contribution in [0.1, 0.15) is 0 Å². The van der Waals surface area contributed by atoms with Gasteiger partial charge in [-0.25, -0.2) is 19.3 Å². The monoisotopic (exact) mass is 413 g/mol. The fourth-order valence-electron chi connectivity index (χ4n) is 2.44. The fraction of sp³-hybridized carbons (Fsp3) is 0.176. The molecule has 1 N–H and O–H groups in total. The summed E-state index contributed by atoms with van der Waals surface area (Å²) in [5, 5.41) is 11.0. The Morgan fingerprint density at radius 3 is 2.93 bits per heavy atom. The van der Waals surface area contributed by atoms with Crippen LogP contribution in [0.4, 0.5) is 0 Å². The van der Waals surface area contributed by atoms with Gasteiger partial charge in [-0.15, -0.1) is 16.4 Å². The zero-order valence-electron chi connectivity index (χ0n) is 14.6. The number of fused-ring (bicyclic) bond motifs is 1. The molecular weight excluding hydrogens is 398 g/mol. The summed E-state index contributed by atoms with van der Waals surface area (Å²) in [4.78, 5) is 32.4. The average Bonchev–Trinajstić information content (AvgIpc) is 3.37. The van der Waals surface area contributed by atoms with Gasteiger partial charge in [0, 0.05) is 12.6 Å². The number of nitrogens with zero attached hydrogens (tertiary/aromatic N) is 6. The maximum atomic E-state index is 12.1. The van der Waals surface area contributed by atoms with Crippen molar-refractivity contribution in [2.24, 2.45) is 0 Å². The Labute approximate surface area is 167 Å². The van der Waals surface area contributed by atoms with E-state index in [1.165, 1.54) is 39.8 Å². The third-order valence-corrected chi connectivity index (χ3v) is 5.93. The Kier molecular flexibility index (Phi) is 5.44. The number of rotatable bonds is 7. The summed E-state index contributed by atoms with van der Waals surface area (Å²) in [6.07, 6.45) is 2.89. The Hall–Kier alpha value is -3.05. The molecule has 1 amide bonds. The summed E-state index contributed by atoms with van der Waals surface area (Å²) in [5.74, 6) is 0.626. The molecule has 0 spiro atoms. The molecule has 11 heteroatoms. The summed E-state index contributed by atoms with van der Waals surface area (Å²) in [7, 11) is 0. The van der Waals surface area contributed by atoms with Crippen molar-refractivity contribution in [2.75, 3.05) is 12.3 Å². The number of para-hydroxylation sites is 1. The van der Waals surface area contributed by atoms with Crippen LogP contribution < -0.4 is 10.9 Å². The van der Waals surface area contributed by atoms with E-state index in [-0.39, 0.29) is 23.8 Å². The van der Waals surface area contributed by atoms with Gasteiger partial charge in [-0.05, 0) is 18.2 Å². The van der Waals surface area contributed by atoms with Gasteiger partial charge in [-0.1, -0.05) is 23.9 Å². The molecule has 0 saturated heterocycles. The molecule has 4 rings (SSSR count). The molecule has 0 saturated carbocycles. The van der Waals surface area contributed by atoms with E-state index in [9.17, 15) is 9.59 Å². The summed E-state index contributed by atoms with van der Waals surface area (Å²) >= 11 is 2.96. The minimum atomic E-state index is -0.248. The Morgan fingerprint density at radius 1 is 1.21 bits per heavy atom. The first kappa shape index (κ1) is 18.3. The van der Waals surface area contributed by atoms with Crippen LogP contribution in [0.5, 0.6) is 0 Å². The van der Waals surface area contributed by atoms with Crippen molar-refractivity contribution in [1.82, 2.24) is 34.8 Å². The lowest BCUT2D eigenvalue weighted by Crippen LogP contribution is -2.33. The third kappa shape index (κ3) is 4.26. The van der Waals surface area contributed by atoms with Crippen molar-refractivity contribution in [3.8, 4) is 5.82 Å². The molecule has 142 valence electrons. The first-order valence-electron chi connectivity index (χ1n) is 8.37. The van der Waals surface area contributed by atoms with Gasteiger partial charge in [0.25, 0.3) is 5.56 Å². The second-order valence-corrected chi connectivity index (χ2v) is 7.93. The van der Waals surface area contributed by atoms with E-state index in [1.807, 2.05) is 24.3 Å². The van der Waals surface area contributed by atoms with Gasteiger partial charge in [0.15, 0.2) is 10.2 Å². The lowest BCUT2D eigenvalue weighted by molar-refractivity contribution is -0.118. The van der Waals surface area contributed by atoms with Gasteiger partial charge in [-0.2, -0.15) is 5.10 Å². The maximum absolute atomic E-state index is 12.1. The highest BCUT2D eigenvalue weighted by molar-refractivity contribution is 8.01. The maximum Gasteiger partial charge on any atom is 0.266 e. The molecule has 0 aliphatic rings. The molecule has 0 aliphatic carbocycles. The van der Waals surface area contributed by atoms with Crippen molar-refractivity contribution < 1.29 is 4.79 Å². The van der Waals surface area contributed by atoms with Crippen LogP contribution in [0.15, 0.2) is 58.2 Å². The molecule has 0 unspecified atom stereocenters. The number of benzene rings is 1. The highest BCUT2D eigenvalue weighted by Crippen LogP contribution is 2.28. The largest absolute Gasteiger partial charge is 0.354 e. The molecule has 0 radical (unpaired) electrons. The predicted molar refractivity (Wildman–Crippen MR) is 107 cm³/mol. The van der Waals surface area contributed by atoms with E-state index >= 15 is 0 Å². The average molecular weight is 413 g/mol. The van der Waals surface area contributed by atoms with Crippen molar-refractivity contribution in [3.63, 3.8) is 0 Å². The van der Waals surface area contributed by atoms with E-state index in [1.54, 1.807) is 17.4 Å². The van der Waals surface area contributed by atoms with Crippen LogP contribution in [-0.4, -0.2) is 47.7 Å². The zero-order valence-corrected chi connectivity index (χ0v) is 16.2. The van der Waals surface area contributed by atoms with Crippen molar-refractivity contribution in [2.45, 2.75) is 10.9 Å². The topological polar surface area (TPSA) is 108 Å². The molecule has 3 heterocycles. The van der Waals surface area contributed by atoms with Crippen LogP contribution in [0.2, 0.25) is 0 Å². The number of thioether (sulfide) groups is 1. The molecule has 28 heavy (non-hydrogen) atoms. The smallest absolute Gasteiger partial charge is 0.266 e. The van der Waals surface area contributed by atoms with Crippen molar-refractivity contribution in [1.29, 1.82) is 0 Å². The molecule has 0 fully saturated rings. The Balaban J connectivity index is 1.29. The number of hydrogen-bond acceptors (Lipinski definition) is 8. The first-order valence-corrected chi connectivity index (χ1v) is 10.2. The summed E-state index contributed by atoms with van der Waals surface area (Å²) in [5.41, 5.74) is 0.690. The number of carbonyl (C=O) groups excluding carboxylic acids is 1. The minimum Gasteiger partial charge on any atom is -0.354 e. The molecule has 9 nitrogen and oxygen atoms in total. The van der Waals surface area contributed by atoms with Gasteiger partial charge >= 0.3 is 0 Å². The predicted octanol–water partition coefficient (Wildman–Crippen LogP) is 1.34. The normalized spacial score (nSPS) is 11.0. The fourth-order valence-corrected chi connectivity index (χ4v) is 4.34. The molecule has 0 atom stereocenters. The lowest BCUT2D eigenvalue weighted by atomic mass is 10.3. The molecule has 0 bridgehead atoms. The van der Waals surface area contributed by atoms with Gasteiger partial charge in [-0.3, -0.25) is 9.59 Å². The van der Waals surface area contributed by atoms with Crippen LogP contribution in [-0.2, 0) is 11.3 Å². The van der Waals surface area contributed by atoms with E-state index in [2.05, 4.69) is 25.5 Å². The van der Waals surface area contributed by atoms with Crippen LogP contribution in [0, 0.1) is 0 Å². The highest BCUT2D eigenvalue weighted by Gasteiger charge is 2.08. The number of thiazole rings is 1. The van der Waals surface area contributed by atoms with E-state index in [0.717, 1.165) is 14.6 Å². The van der Waals surface area contributed by atoms with Crippen LogP contribution >= 0.6 is 23.1 Å². The second-order valence-electron chi connectivity index (χ2n) is 5.68. The highest BCUT2D eigenvalue weighted by atomic mass is 32.2. The summed E-state index contributed by atoms with van der Waals surface area (Å²) in [6.45, 7) is 0.561. The van der Waals surface area contributed by atoms with Crippen LogP contribution in [0.25, 0.3) is 16.0 Å². The number of carbonyl (C=O) groups is 1. The molecule has 4 aromatic rings. The van der Waals surface area contributed by atoms with Crippen LogP contribution in [0.3, 0.4) is 0 Å². The number of hydrogen-bond donors (Lipinski definition) is 1. The summed E-state index contributed by atoms with van der Waals surface area (Å²) in [6, 6.07) is 10.9. The standard InChI is InChI=1S/C17H15N7O2S2/c25-15(9-27-17-21-12-3-1-2-4-13(12)28-17)19-7-8-23-16(26)6-5-14(22-23)24-11-18-10-20-24/h1-6,10-11H,7-9H2,(H,19,25). The first-order chi connectivity index (χ1) is 13.7. The van der Waals surface area contributed by atoms with Crippen molar-refractivity contribution >= 4 is 39.2 Å². The quantitative estimate of drug-likeness (QED) is 0.456. The number of aromatic nitrogens is 6. The third-order valence-electron chi connectivity index (χ3n) is 3.75. The number of nitrogens with one attached hydrogen (secondary N) is 1. The molecule has 1 aromatic carbocycles. The van der Waals surface area contributed by atoms with Gasteiger partial charge < -0.3 is 5.32 Å². The van der Waals surface area contributed by atoms with Crippen molar-refractivity contribution in [3.05, 3.63) is 59.4 Å². The summed E-state index contributed by atoms with van der Waals surface area (Å²) < 4.78 is 4.71.